The number of hydrazine groups is 1. The number of ether oxygens (including phenoxy) is 1. The Labute approximate surface area is 144 Å². The maximum absolute atomic E-state index is 11.9. The van der Waals surface area contributed by atoms with Gasteiger partial charge in [-0.15, -0.1) is 0 Å². The standard InChI is InChI=1S/C18H17N5O2/c1-25-16-9-5-3-6-12(16)15-10-17(21-11-20-15)22-14-8-4-2-7-13(14)18(24)23-19/h2-11H,19H2,1H3,(H,23,24)(H,20,21,22). The smallest absolute Gasteiger partial charge is 0.267 e. The molecule has 0 aliphatic carbocycles. The molecule has 0 saturated carbocycles. The highest BCUT2D eigenvalue weighted by molar-refractivity contribution is 5.99. The lowest BCUT2D eigenvalue weighted by atomic mass is 10.1. The number of benzene rings is 2. The molecule has 7 nitrogen and oxygen atoms in total. The second kappa shape index (κ2) is 7.41. The highest BCUT2D eigenvalue weighted by atomic mass is 16.5. The van der Waals surface area contributed by atoms with E-state index in [1.807, 2.05) is 30.3 Å². The van der Waals surface area contributed by atoms with Gasteiger partial charge in [-0.1, -0.05) is 24.3 Å². The highest BCUT2D eigenvalue weighted by Gasteiger charge is 2.11. The maximum Gasteiger partial charge on any atom is 0.267 e. The van der Waals surface area contributed by atoms with Crippen LogP contribution in [0.4, 0.5) is 11.5 Å². The van der Waals surface area contributed by atoms with E-state index >= 15 is 0 Å². The Bertz CT molecular complexity index is 898. The molecule has 126 valence electrons. The Balaban J connectivity index is 1.95. The summed E-state index contributed by atoms with van der Waals surface area (Å²) >= 11 is 0. The average Bonchev–Trinajstić information content (AvgIpc) is 2.68. The van der Waals surface area contributed by atoms with Crippen LogP contribution in [-0.4, -0.2) is 23.0 Å². The fourth-order valence-corrected chi connectivity index (χ4v) is 2.44. The predicted molar refractivity (Wildman–Crippen MR) is 95.4 cm³/mol. The van der Waals surface area contributed by atoms with Crippen LogP contribution in [0, 0.1) is 0 Å². The number of nitrogens with one attached hydrogen (secondary N) is 2. The van der Waals surface area contributed by atoms with E-state index in [-0.39, 0.29) is 5.91 Å². The van der Waals surface area contributed by atoms with E-state index in [2.05, 4.69) is 20.7 Å². The van der Waals surface area contributed by atoms with E-state index in [4.69, 9.17) is 10.6 Å². The molecule has 3 rings (SSSR count). The van der Waals surface area contributed by atoms with Crippen LogP contribution in [0.25, 0.3) is 11.3 Å². The summed E-state index contributed by atoms with van der Waals surface area (Å²) in [5.74, 6) is 6.11. The lowest BCUT2D eigenvalue weighted by molar-refractivity contribution is 0.0954. The van der Waals surface area contributed by atoms with Crippen LogP contribution in [0.1, 0.15) is 10.4 Å². The Kier molecular flexibility index (Phi) is 4.87. The van der Waals surface area contributed by atoms with Crippen LogP contribution in [0.15, 0.2) is 60.9 Å². The van der Waals surface area contributed by atoms with Crippen LogP contribution in [0.3, 0.4) is 0 Å². The molecule has 0 saturated heterocycles. The van der Waals surface area contributed by atoms with Crippen LogP contribution < -0.4 is 21.3 Å². The van der Waals surface area contributed by atoms with Gasteiger partial charge in [0, 0.05) is 11.6 Å². The molecule has 0 spiro atoms. The normalized spacial score (nSPS) is 10.2. The van der Waals surface area contributed by atoms with E-state index in [1.165, 1.54) is 6.33 Å². The van der Waals surface area contributed by atoms with E-state index in [9.17, 15) is 4.79 Å². The summed E-state index contributed by atoms with van der Waals surface area (Å²) in [6, 6.07) is 16.4. The molecule has 0 bridgehead atoms. The minimum atomic E-state index is -0.387. The minimum absolute atomic E-state index is 0.387. The molecule has 7 heteroatoms. The lowest BCUT2D eigenvalue weighted by Crippen LogP contribution is -2.30. The molecule has 2 aromatic carbocycles. The van der Waals surface area contributed by atoms with Crippen molar-refractivity contribution in [1.29, 1.82) is 0 Å². The summed E-state index contributed by atoms with van der Waals surface area (Å²) < 4.78 is 5.38. The van der Waals surface area contributed by atoms with Crippen LogP contribution >= 0.6 is 0 Å². The SMILES string of the molecule is COc1ccccc1-c1cc(Nc2ccccc2C(=O)NN)ncn1. The molecular weight excluding hydrogens is 318 g/mol. The Hall–Kier alpha value is -3.45. The van der Waals surface area contributed by atoms with Gasteiger partial charge in [0.15, 0.2) is 0 Å². The second-order valence-electron chi connectivity index (χ2n) is 5.13. The lowest BCUT2D eigenvalue weighted by Gasteiger charge is -2.12. The number of anilines is 2. The number of rotatable bonds is 5. The number of amides is 1. The second-order valence-corrected chi connectivity index (χ2v) is 5.13. The van der Waals surface area contributed by atoms with E-state index in [0.29, 0.717) is 22.8 Å². The number of para-hydroxylation sites is 2. The molecule has 3 aromatic rings. The molecular formula is C18H17N5O2. The van der Waals surface area contributed by atoms with E-state index in [1.54, 1.807) is 31.4 Å². The number of carbonyl (C=O) groups excluding carboxylic acids is 1. The summed E-state index contributed by atoms with van der Waals surface area (Å²) in [4.78, 5) is 20.4. The third kappa shape index (κ3) is 3.56. The van der Waals surface area contributed by atoms with Crippen LogP contribution in [-0.2, 0) is 0 Å². The summed E-state index contributed by atoms with van der Waals surface area (Å²) in [5, 5.41) is 3.13. The number of nitrogens with two attached hydrogens (primary N) is 1. The Morgan fingerprint density at radius 3 is 2.64 bits per heavy atom. The molecule has 0 fully saturated rings. The van der Waals surface area contributed by atoms with Gasteiger partial charge in [-0.3, -0.25) is 10.2 Å². The van der Waals surface area contributed by atoms with Crippen molar-refractivity contribution in [3.8, 4) is 17.0 Å². The van der Waals surface area contributed by atoms with Crippen molar-refractivity contribution in [2.45, 2.75) is 0 Å². The molecule has 0 aliphatic rings. The minimum Gasteiger partial charge on any atom is -0.496 e. The van der Waals surface area contributed by atoms with E-state index in [0.717, 1.165) is 11.3 Å². The predicted octanol–water partition coefficient (Wildman–Crippen LogP) is 2.50. The first-order valence-electron chi connectivity index (χ1n) is 7.55. The van der Waals surface area contributed by atoms with Gasteiger partial charge in [0.25, 0.3) is 5.91 Å². The number of hydrogen-bond donors (Lipinski definition) is 3. The number of aromatic nitrogens is 2. The van der Waals surface area contributed by atoms with Gasteiger partial charge in [-0.2, -0.15) is 0 Å². The summed E-state index contributed by atoms with van der Waals surface area (Å²) in [6.45, 7) is 0. The van der Waals surface area contributed by atoms with Crippen molar-refractivity contribution in [1.82, 2.24) is 15.4 Å². The molecule has 0 atom stereocenters. The van der Waals surface area contributed by atoms with Gasteiger partial charge < -0.3 is 10.1 Å². The van der Waals surface area contributed by atoms with Gasteiger partial charge in [-0.05, 0) is 24.3 Å². The quantitative estimate of drug-likeness (QED) is 0.376. The van der Waals surface area contributed by atoms with Gasteiger partial charge in [0.05, 0.1) is 24.1 Å². The zero-order chi connectivity index (χ0) is 17.6. The number of methoxy groups -OCH3 is 1. The molecule has 0 aliphatic heterocycles. The van der Waals surface area contributed by atoms with E-state index < -0.39 is 0 Å². The number of nitrogens with zero attached hydrogens (tertiary/aromatic N) is 2. The summed E-state index contributed by atoms with van der Waals surface area (Å²) in [5.41, 5.74) is 4.70. The van der Waals surface area contributed by atoms with Gasteiger partial charge in [0.2, 0.25) is 0 Å². The van der Waals surface area contributed by atoms with Crippen molar-refractivity contribution in [3.05, 3.63) is 66.5 Å². The molecule has 1 heterocycles. The third-order valence-electron chi connectivity index (χ3n) is 3.62. The number of hydrogen-bond acceptors (Lipinski definition) is 6. The zero-order valence-corrected chi connectivity index (χ0v) is 13.6. The fraction of sp³-hybridized carbons (Fsp3) is 0.0556. The topological polar surface area (TPSA) is 102 Å². The van der Waals surface area contributed by atoms with Gasteiger partial charge in [0.1, 0.15) is 17.9 Å². The highest BCUT2D eigenvalue weighted by Crippen LogP contribution is 2.29. The van der Waals surface area contributed by atoms with Crippen molar-refractivity contribution in [2.75, 3.05) is 12.4 Å². The molecule has 0 unspecified atom stereocenters. The maximum atomic E-state index is 11.9. The molecule has 4 N–H and O–H groups in total. The monoisotopic (exact) mass is 335 g/mol. The van der Waals surface area contributed by atoms with Crippen molar-refractivity contribution in [3.63, 3.8) is 0 Å². The zero-order valence-electron chi connectivity index (χ0n) is 13.6. The number of carbonyl (C=O) groups is 1. The first-order chi connectivity index (χ1) is 12.2. The van der Waals surface area contributed by atoms with Crippen molar-refractivity contribution >= 4 is 17.4 Å². The van der Waals surface area contributed by atoms with Gasteiger partial charge in [-0.25, -0.2) is 15.8 Å². The van der Waals surface area contributed by atoms with Crippen LogP contribution in [0.2, 0.25) is 0 Å². The molecule has 1 amide bonds. The molecule has 1 aromatic heterocycles. The Morgan fingerprint density at radius 1 is 1.08 bits per heavy atom. The Morgan fingerprint density at radius 2 is 1.84 bits per heavy atom. The average molecular weight is 335 g/mol. The van der Waals surface area contributed by atoms with Gasteiger partial charge >= 0.3 is 0 Å². The fourth-order valence-electron chi connectivity index (χ4n) is 2.44. The first-order valence-corrected chi connectivity index (χ1v) is 7.55. The summed E-state index contributed by atoms with van der Waals surface area (Å²) in [6.07, 6.45) is 1.45. The summed E-state index contributed by atoms with van der Waals surface area (Å²) in [7, 11) is 1.61. The largest absolute Gasteiger partial charge is 0.496 e. The van der Waals surface area contributed by atoms with Crippen molar-refractivity contribution in [2.24, 2.45) is 5.84 Å². The third-order valence-corrected chi connectivity index (χ3v) is 3.62. The van der Waals surface area contributed by atoms with Crippen molar-refractivity contribution < 1.29 is 9.53 Å². The first kappa shape index (κ1) is 16.4. The molecule has 0 radical (unpaired) electrons. The molecule has 25 heavy (non-hydrogen) atoms. The number of nitrogen functional groups attached to an aromatic ring is 1. The van der Waals surface area contributed by atoms with Crippen LogP contribution in [0.5, 0.6) is 5.75 Å².